The second-order valence-electron chi connectivity index (χ2n) is 5.98. The fourth-order valence-corrected chi connectivity index (χ4v) is 3.63. The molecule has 1 aliphatic rings. The van der Waals surface area contributed by atoms with Crippen molar-refractivity contribution in [3.63, 3.8) is 0 Å². The number of carboxylic acid groups (broad SMARTS) is 1. The molecule has 0 aliphatic heterocycles. The van der Waals surface area contributed by atoms with Crippen LogP contribution in [-0.2, 0) is 15.6 Å². The van der Waals surface area contributed by atoms with Crippen molar-refractivity contribution in [3.05, 3.63) is 0 Å². The van der Waals surface area contributed by atoms with Gasteiger partial charge in [-0.1, -0.05) is 13.3 Å². The molecule has 3 N–H and O–H groups in total. The van der Waals surface area contributed by atoms with Gasteiger partial charge in [0.15, 0.2) is 0 Å². The lowest BCUT2D eigenvalue weighted by Crippen LogP contribution is -2.59. The Bertz CT molecular complexity index is 406. The number of aliphatic carboxylic acids is 1. The van der Waals surface area contributed by atoms with Gasteiger partial charge < -0.3 is 15.7 Å². The van der Waals surface area contributed by atoms with E-state index in [1.807, 2.05) is 0 Å². The van der Waals surface area contributed by atoms with E-state index < -0.39 is 28.3 Å². The number of hydrogen-bond donors (Lipinski definition) is 3. The van der Waals surface area contributed by atoms with Gasteiger partial charge in [-0.2, -0.15) is 0 Å². The van der Waals surface area contributed by atoms with Gasteiger partial charge in [0.05, 0.1) is 0 Å². The van der Waals surface area contributed by atoms with Gasteiger partial charge in [-0.3, -0.25) is 4.21 Å². The van der Waals surface area contributed by atoms with Crippen molar-refractivity contribution in [3.8, 4) is 0 Å². The Morgan fingerprint density at radius 1 is 1.38 bits per heavy atom. The molecule has 1 aliphatic carbocycles. The number of carbonyl (C=O) groups is 2. The Kier molecular flexibility index (Phi) is 6.64. The van der Waals surface area contributed by atoms with Gasteiger partial charge in [0, 0.05) is 28.9 Å². The monoisotopic (exact) mass is 318 g/mol. The molecule has 0 aromatic carbocycles. The summed E-state index contributed by atoms with van der Waals surface area (Å²) in [5.41, 5.74) is -1.17. The fourth-order valence-electron chi connectivity index (χ4n) is 2.84. The maximum Gasteiger partial charge on any atom is 0.329 e. The van der Waals surface area contributed by atoms with E-state index in [4.69, 9.17) is 0 Å². The smallest absolute Gasteiger partial charge is 0.329 e. The van der Waals surface area contributed by atoms with Crippen molar-refractivity contribution in [2.45, 2.75) is 57.5 Å². The number of hydrogen-bond acceptors (Lipinski definition) is 3. The predicted molar refractivity (Wildman–Crippen MR) is 82.7 cm³/mol. The molecule has 1 fully saturated rings. The number of urea groups is 1. The lowest BCUT2D eigenvalue weighted by molar-refractivity contribution is -0.146. The van der Waals surface area contributed by atoms with Crippen LogP contribution in [0.25, 0.3) is 0 Å². The molecule has 21 heavy (non-hydrogen) atoms. The number of rotatable bonds is 6. The lowest BCUT2D eigenvalue weighted by atomic mass is 9.75. The molecule has 1 saturated carbocycles. The zero-order chi connectivity index (χ0) is 16.0. The van der Waals surface area contributed by atoms with E-state index in [0.717, 1.165) is 19.3 Å². The highest BCUT2D eigenvalue weighted by Gasteiger charge is 2.43. The van der Waals surface area contributed by atoms with Crippen LogP contribution in [0.2, 0.25) is 0 Å². The number of carboxylic acids is 1. The van der Waals surface area contributed by atoms with Crippen LogP contribution in [0.15, 0.2) is 0 Å². The molecule has 1 rings (SSSR count). The second kappa shape index (κ2) is 7.77. The van der Waals surface area contributed by atoms with Crippen LogP contribution in [0.3, 0.4) is 0 Å². The molecule has 6 nitrogen and oxygen atoms in total. The van der Waals surface area contributed by atoms with E-state index in [-0.39, 0.29) is 6.04 Å². The standard InChI is InChI=1S/C14H26N2O4S/c1-4-11-5-7-14(8-6-11,12(17)18)16-13(19)15-10(2)9-21(3)20/h10-11H,4-9H2,1-3H3,(H,17,18)(H2,15,16,19). The van der Waals surface area contributed by atoms with Crippen molar-refractivity contribution < 1.29 is 18.9 Å². The highest BCUT2D eigenvalue weighted by Crippen LogP contribution is 2.33. The number of carbonyl (C=O) groups excluding carboxylic acids is 1. The average molecular weight is 318 g/mol. The van der Waals surface area contributed by atoms with Gasteiger partial charge >= 0.3 is 12.0 Å². The zero-order valence-electron chi connectivity index (χ0n) is 13.0. The molecule has 7 heteroatoms. The Labute approximate surface area is 128 Å². The minimum Gasteiger partial charge on any atom is -0.480 e. The molecular formula is C14H26N2O4S. The van der Waals surface area contributed by atoms with Crippen LogP contribution in [-0.4, -0.2) is 44.9 Å². The fraction of sp³-hybridized carbons (Fsp3) is 0.857. The third-order valence-electron chi connectivity index (χ3n) is 4.16. The van der Waals surface area contributed by atoms with Gasteiger partial charge in [-0.25, -0.2) is 9.59 Å². The second-order valence-corrected chi connectivity index (χ2v) is 7.46. The Balaban J connectivity index is 2.61. The van der Waals surface area contributed by atoms with Crippen LogP contribution in [0.4, 0.5) is 4.79 Å². The summed E-state index contributed by atoms with van der Waals surface area (Å²) in [6.45, 7) is 3.85. The molecule has 0 heterocycles. The summed E-state index contributed by atoms with van der Waals surface area (Å²) in [5.74, 6) is -0.0755. The molecule has 0 aromatic rings. The first-order valence-electron chi connectivity index (χ1n) is 7.41. The van der Waals surface area contributed by atoms with E-state index in [1.165, 1.54) is 0 Å². The van der Waals surface area contributed by atoms with Gasteiger partial charge in [0.25, 0.3) is 0 Å². The Morgan fingerprint density at radius 2 is 1.95 bits per heavy atom. The van der Waals surface area contributed by atoms with Gasteiger partial charge in [-0.15, -0.1) is 0 Å². The van der Waals surface area contributed by atoms with Crippen molar-refractivity contribution in [1.82, 2.24) is 10.6 Å². The molecule has 122 valence electrons. The van der Waals surface area contributed by atoms with E-state index in [2.05, 4.69) is 17.6 Å². The first kappa shape index (κ1) is 17.9. The maximum absolute atomic E-state index is 12.0. The van der Waals surface area contributed by atoms with Gasteiger partial charge in [-0.05, 0) is 38.5 Å². The molecule has 0 saturated heterocycles. The van der Waals surface area contributed by atoms with Crippen molar-refractivity contribution in [2.75, 3.05) is 12.0 Å². The first-order chi connectivity index (χ1) is 9.79. The summed E-state index contributed by atoms with van der Waals surface area (Å²) in [4.78, 5) is 23.6. The summed E-state index contributed by atoms with van der Waals surface area (Å²) in [7, 11) is -1.00. The van der Waals surface area contributed by atoms with Crippen molar-refractivity contribution in [1.29, 1.82) is 0 Å². The predicted octanol–water partition coefficient (Wildman–Crippen LogP) is 1.48. The normalized spacial score (nSPS) is 28.4. The van der Waals surface area contributed by atoms with Crippen molar-refractivity contribution in [2.24, 2.45) is 5.92 Å². The third kappa shape index (κ3) is 5.30. The first-order valence-corrected chi connectivity index (χ1v) is 9.14. The SMILES string of the molecule is CCC1CCC(NC(=O)NC(C)CS(C)=O)(C(=O)O)CC1. The van der Waals surface area contributed by atoms with Crippen LogP contribution in [0.5, 0.6) is 0 Å². The van der Waals surface area contributed by atoms with Gasteiger partial charge in [0.2, 0.25) is 0 Å². The maximum atomic E-state index is 12.0. The largest absolute Gasteiger partial charge is 0.480 e. The summed E-state index contributed by atoms with van der Waals surface area (Å²) in [6, 6.07) is -0.751. The molecule has 0 bridgehead atoms. The quantitative estimate of drug-likeness (QED) is 0.691. The van der Waals surface area contributed by atoms with Gasteiger partial charge in [0.1, 0.15) is 5.54 Å². The minimum atomic E-state index is -1.17. The van der Waals surface area contributed by atoms with E-state index in [9.17, 15) is 18.9 Å². The van der Waals surface area contributed by atoms with Crippen LogP contribution >= 0.6 is 0 Å². The van der Waals surface area contributed by atoms with Crippen LogP contribution < -0.4 is 10.6 Å². The Hall–Kier alpha value is -1.11. The molecule has 0 spiro atoms. The van der Waals surface area contributed by atoms with Crippen LogP contribution in [0, 0.1) is 5.92 Å². The molecule has 2 atom stereocenters. The van der Waals surface area contributed by atoms with E-state index in [1.54, 1.807) is 13.2 Å². The average Bonchev–Trinajstić information content (AvgIpc) is 2.37. The molecular weight excluding hydrogens is 292 g/mol. The lowest BCUT2D eigenvalue weighted by Gasteiger charge is -2.37. The summed E-state index contributed by atoms with van der Waals surface area (Å²) >= 11 is 0. The van der Waals surface area contributed by atoms with E-state index in [0.29, 0.717) is 24.5 Å². The Morgan fingerprint density at radius 3 is 2.38 bits per heavy atom. The summed E-state index contributed by atoms with van der Waals surface area (Å²) < 4.78 is 11.1. The van der Waals surface area contributed by atoms with Crippen molar-refractivity contribution >= 4 is 22.8 Å². The highest BCUT2D eigenvalue weighted by molar-refractivity contribution is 7.84. The number of nitrogens with one attached hydrogen (secondary N) is 2. The molecule has 2 unspecified atom stereocenters. The summed E-state index contributed by atoms with van der Waals surface area (Å²) in [5, 5.41) is 14.8. The molecule has 2 amide bonds. The van der Waals surface area contributed by atoms with Crippen LogP contribution in [0.1, 0.15) is 46.0 Å². The zero-order valence-corrected chi connectivity index (χ0v) is 13.8. The van der Waals surface area contributed by atoms with E-state index >= 15 is 0 Å². The minimum absolute atomic E-state index is 0.256. The third-order valence-corrected chi connectivity index (χ3v) is 5.13. The highest BCUT2D eigenvalue weighted by atomic mass is 32.2. The molecule has 0 radical (unpaired) electrons. The topological polar surface area (TPSA) is 95.5 Å². The summed E-state index contributed by atoms with van der Waals surface area (Å²) in [6.07, 6.45) is 5.17. The molecule has 0 aromatic heterocycles. The number of amides is 2.